The van der Waals surface area contributed by atoms with Crippen molar-refractivity contribution in [1.82, 2.24) is 4.98 Å². The Labute approximate surface area is 80.5 Å². The maximum Gasteiger partial charge on any atom is 0.282 e. The molecule has 2 N–H and O–H groups in total. The highest BCUT2D eigenvalue weighted by Crippen LogP contribution is 2.31. The molecule has 0 aromatic carbocycles. The quantitative estimate of drug-likeness (QED) is 0.772. The van der Waals surface area contributed by atoms with Gasteiger partial charge < -0.3 is 10.6 Å². The van der Waals surface area contributed by atoms with Gasteiger partial charge in [0.25, 0.3) is 5.92 Å². The molecule has 1 aliphatic heterocycles. The Balaban J connectivity index is 2.18. The molecule has 1 saturated heterocycles. The van der Waals surface area contributed by atoms with Gasteiger partial charge in [-0.1, -0.05) is 6.07 Å². The first kappa shape index (κ1) is 9.33. The number of halogens is 2. The average Bonchev–Trinajstić information content (AvgIpc) is 2.14. The van der Waals surface area contributed by atoms with E-state index in [1.165, 1.54) is 0 Å². The van der Waals surface area contributed by atoms with Gasteiger partial charge in [0.05, 0.1) is 13.1 Å². The lowest BCUT2D eigenvalue weighted by atomic mass is 10.1. The number of anilines is 1. The van der Waals surface area contributed by atoms with Crippen molar-refractivity contribution in [3.05, 3.63) is 23.9 Å². The molecule has 0 saturated carbocycles. The predicted molar refractivity (Wildman–Crippen MR) is 49.3 cm³/mol. The fourth-order valence-electron chi connectivity index (χ4n) is 1.54. The van der Waals surface area contributed by atoms with Crippen LogP contribution in [0.5, 0.6) is 0 Å². The lowest BCUT2D eigenvalue weighted by molar-refractivity contribution is -0.0267. The standard InChI is InChI=1S/C9H11F2N3/c10-9(11)5-14(6-9)8-7(4-12)2-1-3-13-8/h1-3H,4-6,12H2. The summed E-state index contributed by atoms with van der Waals surface area (Å²) < 4.78 is 25.2. The van der Waals surface area contributed by atoms with Crippen molar-refractivity contribution in [3.8, 4) is 0 Å². The van der Waals surface area contributed by atoms with Gasteiger partial charge >= 0.3 is 0 Å². The minimum Gasteiger partial charge on any atom is -0.344 e. The highest BCUT2D eigenvalue weighted by molar-refractivity contribution is 5.49. The molecule has 1 fully saturated rings. The highest BCUT2D eigenvalue weighted by atomic mass is 19.3. The van der Waals surface area contributed by atoms with E-state index in [0.717, 1.165) is 5.56 Å². The molecule has 2 rings (SSSR count). The summed E-state index contributed by atoms with van der Waals surface area (Å²) in [6, 6.07) is 3.56. The molecule has 0 amide bonds. The molecule has 2 heterocycles. The average molecular weight is 199 g/mol. The van der Waals surface area contributed by atoms with Gasteiger partial charge in [-0.15, -0.1) is 0 Å². The van der Waals surface area contributed by atoms with Gasteiger partial charge in [-0.3, -0.25) is 0 Å². The fourth-order valence-corrected chi connectivity index (χ4v) is 1.54. The summed E-state index contributed by atoms with van der Waals surface area (Å²) in [6.45, 7) is -0.181. The van der Waals surface area contributed by atoms with Gasteiger partial charge in [-0.2, -0.15) is 0 Å². The topological polar surface area (TPSA) is 42.1 Å². The molecule has 3 nitrogen and oxygen atoms in total. The molecule has 0 bridgehead atoms. The second-order valence-electron chi connectivity index (χ2n) is 3.40. The maximum atomic E-state index is 12.6. The summed E-state index contributed by atoms with van der Waals surface area (Å²) in [7, 11) is 0. The Kier molecular flexibility index (Phi) is 2.11. The SMILES string of the molecule is NCc1cccnc1N1CC(F)(F)C1. The predicted octanol–water partition coefficient (Wildman–Crippen LogP) is 0.996. The van der Waals surface area contributed by atoms with E-state index in [1.807, 2.05) is 0 Å². The Hall–Kier alpha value is -1.23. The van der Waals surface area contributed by atoms with E-state index in [-0.39, 0.29) is 13.1 Å². The van der Waals surface area contributed by atoms with Crippen LogP contribution in [0.15, 0.2) is 18.3 Å². The number of hydrogen-bond acceptors (Lipinski definition) is 3. The van der Waals surface area contributed by atoms with E-state index in [1.54, 1.807) is 23.2 Å². The van der Waals surface area contributed by atoms with Crippen LogP contribution >= 0.6 is 0 Å². The minimum absolute atomic E-state index is 0.253. The molecule has 0 radical (unpaired) electrons. The zero-order valence-corrected chi connectivity index (χ0v) is 7.58. The summed E-state index contributed by atoms with van der Waals surface area (Å²) in [5.74, 6) is -1.98. The molecular weight excluding hydrogens is 188 g/mol. The highest BCUT2D eigenvalue weighted by Gasteiger charge is 2.44. The third kappa shape index (κ3) is 1.55. The Morgan fingerprint density at radius 1 is 1.50 bits per heavy atom. The Bertz CT molecular complexity index is 333. The second-order valence-corrected chi connectivity index (χ2v) is 3.40. The van der Waals surface area contributed by atoms with E-state index in [9.17, 15) is 8.78 Å². The van der Waals surface area contributed by atoms with Crippen LogP contribution in [-0.4, -0.2) is 24.0 Å². The second kappa shape index (κ2) is 3.16. The molecule has 0 unspecified atom stereocenters. The van der Waals surface area contributed by atoms with Gasteiger partial charge in [-0.05, 0) is 6.07 Å². The summed E-state index contributed by atoms with van der Waals surface area (Å²) in [4.78, 5) is 5.59. The van der Waals surface area contributed by atoms with Crippen LogP contribution in [-0.2, 0) is 6.54 Å². The minimum atomic E-state index is -2.57. The Morgan fingerprint density at radius 3 is 2.79 bits per heavy atom. The molecule has 14 heavy (non-hydrogen) atoms. The van der Waals surface area contributed by atoms with Crippen molar-refractivity contribution in [3.63, 3.8) is 0 Å². The monoisotopic (exact) mass is 199 g/mol. The largest absolute Gasteiger partial charge is 0.344 e. The number of hydrogen-bond donors (Lipinski definition) is 1. The van der Waals surface area contributed by atoms with Crippen LogP contribution in [0.4, 0.5) is 14.6 Å². The lowest BCUT2D eigenvalue weighted by Crippen LogP contribution is -2.57. The molecule has 76 valence electrons. The van der Waals surface area contributed by atoms with Crippen LogP contribution in [0.1, 0.15) is 5.56 Å². The molecule has 1 aromatic heterocycles. The van der Waals surface area contributed by atoms with Crippen LogP contribution in [0.3, 0.4) is 0 Å². The number of nitrogens with zero attached hydrogens (tertiary/aromatic N) is 2. The van der Waals surface area contributed by atoms with Crippen LogP contribution in [0.25, 0.3) is 0 Å². The van der Waals surface area contributed by atoms with Crippen molar-refractivity contribution in [2.24, 2.45) is 5.73 Å². The van der Waals surface area contributed by atoms with Crippen molar-refractivity contribution in [1.29, 1.82) is 0 Å². The van der Waals surface area contributed by atoms with Gasteiger partial charge in [-0.25, -0.2) is 13.8 Å². The van der Waals surface area contributed by atoms with Crippen LogP contribution in [0.2, 0.25) is 0 Å². The first-order chi connectivity index (χ1) is 6.62. The van der Waals surface area contributed by atoms with Gasteiger partial charge in [0.15, 0.2) is 0 Å². The van der Waals surface area contributed by atoms with Crippen molar-refractivity contribution >= 4 is 5.82 Å². The number of rotatable bonds is 2. The van der Waals surface area contributed by atoms with Crippen molar-refractivity contribution in [2.75, 3.05) is 18.0 Å². The third-order valence-corrected chi connectivity index (χ3v) is 2.23. The van der Waals surface area contributed by atoms with E-state index in [0.29, 0.717) is 12.4 Å². The molecular formula is C9H11F2N3. The van der Waals surface area contributed by atoms with Gasteiger partial charge in [0.2, 0.25) is 0 Å². The summed E-state index contributed by atoms with van der Waals surface area (Å²) in [5.41, 5.74) is 6.29. The molecule has 5 heteroatoms. The third-order valence-electron chi connectivity index (χ3n) is 2.23. The summed E-state index contributed by atoms with van der Waals surface area (Å²) in [6.07, 6.45) is 1.59. The van der Waals surface area contributed by atoms with Crippen molar-refractivity contribution < 1.29 is 8.78 Å². The normalized spacial score (nSPS) is 19.2. The van der Waals surface area contributed by atoms with Crippen molar-refractivity contribution in [2.45, 2.75) is 12.5 Å². The fraction of sp³-hybridized carbons (Fsp3) is 0.444. The van der Waals surface area contributed by atoms with Crippen LogP contribution < -0.4 is 10.6 Å². The number of nitrogens with two attached hydrogens (primary N) is 1. The van der Waals surface area contributed by atoms with Crippen LogP contribution in [0, 0.1) is 0 Å². The van der Waals surface area contributed by atoms with E-state index >= 15 is 0 Å². The summed E-state index contributed by atoms with van der Waals surface area (Å²) >= 11 is 0. The molecule has 1 aliphatic rings. The maximum absolute atomic E-state index is 12.6. The number of aromatic nitrogens is 1. The van der Waals surface area contributed by atoms with Gasteiger partial charge in [0.1, 0.15) is 5.82 Å². The molecule has 0 aliphatic carbocycles. The molecule has 0 spiro atoms. The molecule has 1 aromatic rings. The molecule has 0 atom stereocenters. The number of alkyl halides is 2. The smallest absolute Gasteiger partial charge is 0.282 e. The Morgan fingerprint density at radius 2 is 2.21 bits per heavy atom. The van der Waals surface area contributed by atoms with E-state index in [2.05, 4.69) is 4.98 Å². The summed E-state index contributed by atoms with van der Waals surface area (Å²) in [5, 5.41) is 0. The van der Waals surface area contributed by atoms with Gasteiger partial charge in [0, 0.05) is 18.3 Å². The first-order valence-corrected chi connectivity index (χ1v) is 4.39. The lowest BCUT2D eigenvalue weighted by Gasteiger charge is -2.40. The number of pyridine rings is 1. The van der Waals surface area contributed by atoms with E-state index < -0.39 is 5.92 Å². The zero-order valence-electron chi connectivity index (χ0n) is 7.58. The first-order valence-electron chi connectivity index (χ1n) is 4.39. The van der Waals surface area contributed by atoms with E-state index in [4.69, 9.17) is 5.73 Å². The zero-order chi connectivity index (χ0) is 10.2.